The molecular weight excluding hydrogens is 274 g/mol. The molecule has 0 radical (unpaired) electrons. The first-order valence-electron chi connectivity index (χ1n) is 6.20. The van der Waals surface area contributed by atoms with Crippen LogP contribution in [0, 0.1) is 0 Å². The Hall–Kier alpha value is -2.20. The molecule has 0 saturated heterocycles. The van der Waals surface area contributed by atoms with E-state index in [1.54, 1.807) is 12.1 Å². The standard InChI is InChI=1S/C15H16ClN3O/c1-10(20)19-15-7-6-12(8-13(15)16)18-9-11-4-2-3-5-14(11)17/h2-8,18H,9,17H2,1H3,(H,19,20). The predicted molar refractivity (Wildman–Crippen MR) is 83.9 cm³/mol. The summed E-state index contributed by atoms with van der Waals surface area (Å²) in [5, 5.41) is 6.40. The number of carbonyl (C=O) groups excluding carboxylic acids is 1. The fourth-order valence-electron chi connectivity index (χ4n) is 1.81. The summed E-state index contributed by atoms with van der Waals surface area (Å²) in [4.78, 5) is 11.0. The van der Waals surface area contributed by atoms with Crippen molar-refractivity contribution in [3.05, 3.63) is 53.1 Å². The summed E-state index contributed by atoms with van der Waals surface area (Å²) in [6.45, 7) is 2.06. The Bertz CT molecular complexity index is 628. The zero-order valence-electron chi connectivity index (χ0n) is 11.1. The lowest BCUT2D eigenvalue weighted by atomic mass is 10.2. The van der Waals surface area contributed by atoms with E-state index in [4.69, 9.17) is 17.3 Å². The van der Waals surface area contributed by atoms with Crippen LogP contribution in [-0.2, 0) is 11.3 Å². The number of nitrogen functional groups attached to an aromatic ring is 1. The van der Waals surface area contributed by atoms with Crippen LogP contribution >= 0.6 is 11.6 Å². The second-order valence-electron chi connectivity index (χ2n) is 4.43. The molecule has 20 heavy (non-hydrogen) atoms. The molecule has 2 rings (SSSR count). The van der Waals surface area contributed by atoms with E-state index in [2.05, 4.69) is 10.6 Å². The molecule has 0 aliphatic heterocycles. The lowest BCUT2D eigenvalue weighted by Gasteiger charge is -2.11. The van der Waals surface area contributed by atoms with Gasteiger partial charge in [-0.1, -0.05) is 29.8 Å². The molecule has 4 nitrogen and oxygen atoms in total. The van der Waals surface area contributed by atoms with Gasteiger partial charge in [-0.25, -0.2) is 0 Å². The van der Waals surface area contributed by atoms with Gasteiger partial charge in [0.1, 0.15) is 0 Å². The highest BCUT2D eigenvalue weighted by atomic mass is 35.5. The summed E-state index contributed by atoms with van der Waals surface area (Å²) in [5.41, 5.74) is 9.12. The van der Waals surface area contributed by atoms with E-state index in [-0.39, 0.29) is 5.91 Å². The van der Waals surface area contributed by atoms with Gasteiger partial charge in [0.25, 0.3) is 0 Å². The van der Waals surface area contributed by atoms with Crippen LogP contribution < -0.4 is 16.4 Å². The molecule has 0 bridgehead atoms. The molecule has 0 spiro atoms. The van der Waals surface area contributed by atoms with Gasteiger partial charge in [-0.05, 0) is 29.8 Å². The molecular formula is C15H16ClN3O. The van der Waals surface area contributed by atoms with Crippen molar-refractivity contribution in [3.8, 4) is 0 Å². The molecule has 104 valence electrons. The summed E-state index contributed by atoms with van der Waals surface area (Å²) in [5.74, 6) is -0.148. The van der Waals surface area contributed by atoms with Gasteiger partial charge in [-0.3, -0.25) is 4.79 Å². The van der Waals surface area contributed by atoms with Crippen LogP contribution in [0.3, 0.4) is 0 Å². The molecule has 0 fully saturated rings. The summed E-state index contributed by atoms with van der Waals surface area (Å²) < 4.78 is 0. The number of nitrogens with one attached hydrogen (secondary N) is 2. The van der Waals surface area contributed by atoms with E-state index in [1.165, 1.54) is 6.92 Å². The fourth-order valence-corrected chi connectivity index (χ4v) is 2.04. The lowest BCUT2D eigenvalue weighted by molar-refractivity contribution is -0.114. The van der Waals surface area contributed by atoms with Crippen LogP contribution in [-0.4, -0.2) is 5.91 Å². The third-order valence-electron chi connectivity index (χ3n) is 2.82. The van der Waals surface area contributed by atoms with Gasteiger partial charge in [0, 0.05) is 24.8 Å². The number of halogens is 1. The average Bonchev–Trinajstić information content (AvgIpc) is 2.40. The Morgan fingerprint density at radius 2 is 2.00 bits per heavy atom. The van der Waals surface area contributed by atoms with E-state index >= 15 is 0 Å². The fraction of sp³-hybridized carbons (Fsp3) is 0.133. The summed E-state index contributed by atoms with van der Waals surface area (Å²) in [6.07, 6.45) is 0. The third kappa shape index (κ3) is 3.65. The zero-order chi connectivity index (χ0) is 14.5. The number of carbonyl (C=O) groups is 1. The molecule has 0 aliphatic carbocycles. The second-order valence-corrected chi connectivity index (χ2v) is 4.84. The minimum Gasteiger partial charge on any atom is -0.398 e. The SMILES string of the molecule is CC(=O)Nc1ccc(NCc2ccccc2N)cc1Cl. The number of amides is 1. The van der Waals surface area contributed by atoms with Gasteiger partial charge < -0.3 is 16.4 Å². The maximum Gasteiger partial charge on any atom is 0.221 e. The first kappa shape index (κ1) is 14.2. The molecule has 4 N–H and O–H groups in total. The van der Waals surface area contributed by atoms with Crippen molar-refractivity contribution < 1.29 is 4.79 Å². The highest BCUT2D eigenvalue weighted by Gasteiger charge is 2.04. The van der Waals surface area contributed by atoms with Crippen molar-refractivity contribution in [2.75, 3.05) is 16.4 Å². The minimum atomic E-state index is -0.148. The minimum absolute atomic E-state index is 0.148. The summed E-state index contributed by atoms with van der Waals surface area (Å²) in [6, 6.07) is 13.1. The van der Waals surface area contributed by atoms with Gasteiger partial charge in [-0.2, -0.15) is 0 Å². The van der Waals surface area contributed by atoms with E-state index in [9.17, 15) is 4.79 Å². The number of hydrogen-bond acceptors (Lipinski definition) is 3. The van der Waals surface area contributed by atoms with Crippen molar-refractivity contribution in [1.29, 1.82) is 0 Å². The Morgan fingerprint density at radius 3 is 2.65 bits per heavy atom. The third-order valence-corrected chi connectivity index (χ3v) is 3.13. The molecule has 0 aromatic heterocycles. The topological polar surface area (TPSA) is 67.2 Å². The van der Waals surface area contributed by atoms with Crippen LogP contribution in [0.5, 0.6) is 0 Å². The highest BCUT2D eigenvalue weighted by Crippen LogP contribution is 2.26. The molecule has 1 amide bonds. The van der Waals surface area contributed by atoms with Crippen molar-refractivity contribution in [2.24, 2.45) is 0 Å². The van der Waals surface area contributed by atoms with Crippen molar-refractivity contribution in [1.82, 2.24) is 0 Å². The van der Waals surface area contributed by atoms with Crippen molar-refractivity contribution in [2.45, 2.75) is 13.5 Å². The van der Waals surface area contributed by atoms with Gasteiger partial charge in [0.15, 0.2) is 0 Å². The Labute approximate surface area is 122 Å². The molecule has 0 aliphatic rings. The number of hydrogen-bond donors (Lipinski definition) is 3. The average molecular weight is 290 g/mol. The quantitative estimate of drug-likeness (QED) is 0.755. The maximum absolute atomic E-state index is 11.0. The smallest absolute Gasteiger partial charge is 0.221 e. The molecule has 2 aromatic carbocycles. The lowest BCUT2D eigenvalue weighted by Crippen LogP contribution is -2.07. The number of benzene rings is 2. The number of para-hydroxylation sites is 1. The molecule has 0 heterocycles. The maximum atomic E-state index is 11.0. The van der Waals surface area contributed by atoms with Crippen molar-refractivity contribution in [3.63, 3.8) is 0 Å². The van der Waals surface area contributed by atoms with Gasteiger partial charge in [-0.15, -0.1) is 0 Å². The van der Waals surface area contributed by atoms with Gasteiger partial charge >= 0.3 is 0 Å². The number of rotatable bonds is 4. The van der Waals surface area contributed by atoms with Crippen molar-refractivity contribution >= 4 is 34.6 Å². The Balaban J connectivity index is 2.06. The highest BCUT2D eigenvalue weighted by molar-refractivity contribution is 6.34. The first-order valence-corrected chi connectivity index (χ1v) is 6.58. The van der Waals surface area contributed by atoms with Crippen LogP contribution in [0.15, 0.2) is 42.5 Å². The molecule has 0 saturated carbocycles. The van der Waals surface area contributed by atoms with Crippen LogP contribution in [0.25, 0.3) is 0 Å². The normalized spacial score (nSPS) is 10.1. The van der Waals surface area contributed by atoms with Crippen LogP contribution in [0.1, 0.15) is 12.5 Å². The van der Waals surface area contributed by atoms with Gasteiger partial charge in [0.05, 0.1) is 10.7 Å². The predicted octanol–water partition coefficient (Wildman–Crippen LogP) is 3.49. The Morgan fingerprint density at radius 1 is 1.25 bits per heavy atom. The van der Waals surface area contributed by atoms with E-state index in [0.29, 0.717) is 17.3 Å². The number of nitrogens with two attached hydrogens (primary N) is 1. The first-order chi connectivity index (χ1) is 9.56. The van der Waals surface area contributed by atoms with Crippen LogP contribution in [0.4, 0.5) is 17.1 Å². The Kier molecular flexibility index (Phi) is 4.48. The summed E-state index contributed by atoms with van der Waals surface area (Å²) in [7, 11) is 0. The van der Waals surface area contributed by atoms with E-state index in [0.717, 1.165) is 16.9 Å². The second kappa shape index (κ2) is 6.30. The molecule has 0 atom stereocenters. The monoisotopic (exact) mass is 289 g/mol. The van der Waals surface area contributed by atoms with E-state index < -0.39 is 0 Å². The molecule has 2 aromatic rings. The molecule has 0 unspecified atom stereocenters. The summed E-state index contributed by atoms with van der Waals surface area (Å²) >= 11 is 6.11. The van der Waals surface area contributed by atoms with Gasteiger partial charge in [0.2, 0.25) is 5.91 Å². The largest absolute Gasteiger partial charge is 0.398 e. The zero-order valence-corrected chi connectivity index (χ0v) is 11.9. The van der Waals surface area contributed by atoms with Crippen LogP contribution in [0.2, 0.25) is 5.02 Å². The molecule has 5 heteroatoms. The van der Waals surface area contributed by atoms with E-state index in [1.807, 2.05) is 30.3 Å². The number of anilines is 3.